The van der Waals surface area contributed by atoms with Gasteiger partial charge in [0.05, 0.1) is 10.0 Å². The zero-order valence-corrected chi connectivity index (χ0v) is 17.1. The minimum absolute atomic E-state index is 0.0131. The van der Waals surface area contributed by atoms with E-state index in [0.717, 1.165) is 26.2 Å². The number of piperidine rings is 1. The maximum absolute atomic E-state index is 12.5. The number of amides is 3. The number of carbonyl (C=O) groups excluding carboxylic acids is 2. The molecule has 27 heavy (non-hydrogen) atoms. The Hall–Kier alpha value is -1.50. The Morgan fingerprint density at radius 3 is 2.74 bits per heavy atom. The summed E-state index contributed by atoms with van der Waals surface area (Å²) in [5.74, 6) is 0.540. The van der Waals surface area contributed by atoms with Gasteiger partial charge in [0.25, 0.3) is 0 Å². The van der Waals surface area contributed by atoms with Crippen LogP contribution in [0.15, 0.2) is 18.2 Å². The number of nitrogens with one attached hydrogen (secondary N) is 1. The van der Waals surface area contributed by atoms with E-state index in [4.69, 9.17) is 23.2 Å². The number of rotatable bonds is 4. The molecule has 2 fully saturated rings. The molecule has 148 valence electrons. The molecule has 2 aliphatic heterocycles. The zero-order valence-electron chi connectivity index (χ0n) is 15.6. The van der Waals surface area contributed by atoms with Crippen molar-refractivity contribution in [3.8, 4) is 0 Å². The third kappa shape index (κ3) is 5.27. The molecule has 0 aliphatic carbocycles. The smallest absolute Gasteiger partial charge is 0.322 e. The molecule has 1 aromatic carbocycles. The van der Waals surface area contributed by atoms with Gasteiger partial charge in [0.2, 0.25) is 5.91 Å². The number of likely N-dealkylation sites (tertiary alicyclic amines) is 1. The van der Waals surface area contributed by atoms with Crippen molar-refractivity contribution in [1.82, 2.24) is 14.7 Å². The van der Waals surface area contributed by atoms with Crippen molar-refractivity contribution in [3.05, 3.63) is 28.2 Å². The summed E-state index contributed by atoms with van der Waals surface area (Å²) in [6.45, 7) is 7.46. The lowest BCUT2D eigenvalue weighted by molar-refractivity contribution is -0.135. The van der Waals surface area contributed by atoms with E-state index in [1.54, 1.807) is 23.1 Å². The summed E-state index contributed by atoms with van der Waals surface area (Å²) in [6.07, 6.45) is 2.36. The maximum Gasteiger partial charge on any atom is 0.322 e. The molecule has 1 N–H and O–H groups in total. The molecule has 2 heterocycles. The van der Waals surface area contributed by atoms with Crippen molar-refractivity contribution in [2.45, 2.75) is 19.8 Å². The van der Waals surface area contributed by atoms with Gasteiger partial charge >= 0.3 is 6.03 Å². The lowest BCUT2D eigenvalue weighted by atomic mass is 9.97. The monoisotopic (exact) mass is 412 g/mol. The third-order valence-corrected chi connectivity index (χ3v) is 6.04. The second kappa shape index (κ2) is 9.13. The van der Waals surface area contributed by atoms with Crippen LogP contribution in [-0.2, 0) is 4.79 Å². The third-order valence-electron chi connectivity index (χ3n) is 5.31. The van der Waals surface area contributed by atoms with Gasteiger partial charge < -0.3 is 20.0 Å². The molecule has 2 saturated heterocycles. The minimum atomic E-state index is -0.295. The molecule has 1 atom stereocenters. The number of urea groups is 1. The predicted octanol–water partition coefficient (Wildman–Crippen LogP) is 3.40. The molecule has 1 aromatic rings. The molecule has 3 amide bonds. The van der Waals surface area contributed by atoms with Crippen LogP contribution in [0.25, 0.3) is 0 Å². The first-order valence-electron chi connectivity index (χ1n) is 9.47. The van der Waals surface area contributed by atoms with Crippen LogP contribution in [0.5, 0.6) is 0 Å². The first kappa shape index (κ1) is 20.2. The van der Waals surface area contributed by atoms with Crippen LogP contribution in [0.2, 0.25) is 10.0 Å². The first-order chi connectivity index (χ1) is 13.0. The Balaban J connectivity index is 1.51. The van der Waals surface area contributed by atoms with Crippen LogP contribution < -0.4 is 5.32 Å². The van der Waals surface area contributed by atoms with Gasteiger partial charge in [-0.3, -0.25) is 4.79 Å². The van der Waals surface area contributed by atoms with E-state index in [0.29, 0.717) is 34.7 Å². The van der Waals surface area contributed by atoms with E-state index in [9.17, 15) is 9.59 Å². The second-order valence-electron chi connectivity index (χ2n) is 7.22. The van der Waals surface area contributed by atoms with Gasteiger partial charge in [-0.15, -0.1) is 0 Å². The van der Waals surface area contributed by atoms with E-state index < -0.39 is 0 Å². The van der Waals surface area contributed by atoms with Crippen molar-refractivity contribution in [2.75, 3.05) is 51.1 Å². The number of piperazine rings is 1. The Kier molecular flexibility index (Phi) is 6.84. The van der Waals surface area contributed by atoms with Gasteiger partial charge in [0, 0.05) is 31.9 Å². The largest absolute Gasteiger partial charge is 0.339 e. The highest BCUT2D eigenvalue weighted by atomic mass is 35.5. The van der Waals surface area contributed by atoms with Gasteiger partial charge in [0.15, 0.2) is 0 Å². The van der Waals surface area contributed by atoms with Crippen molar-refractivity contribution < 1.29 is 9.59 Å². The molecule has 0 spiro atoms. The number of hydrogen-bond acceptors (Lipinski definition) is 3. The number of halogens is 2. The normalized spacial score (nSPS) is 21.4. The summed E-state index contributed by atoms with van der Waals surface area (Å²) in [5.41, 5.74) is 0.561. The predicted molar refractivity (Wildman–Crippen MR) is 108 cm³/mol. The van der Waals surface area contributed by atoms with Gasteiger partial charge in [-0.05, 0) is 50.0 Å². The maximum atomic E-state index is 12.5. The van der Waals surface area contributed by atoms with Crippen LogP contribution in [0.1, 0.15) is 19.8 Å². The summed E-state index contributed by atoms with van der Waals surface area (Å²) >= 11 is 11.9. The van der Waals surface area contributed by atoms with Crippen LogP contribution in [0.3, 0.4) is 0 Å². The molecule has 0 bridgehead atoms. The SMILES string of the molecule is CCN1CCC[C@@H](CN2CCN(C(=O)Nc3ccc(Cl)c(Cl)c3)CC2=O)C1. The van der Waals surface area contributed by atoms with E-state index in [2.05, 4.69) is 17.1 Å². The fourth-order valence-corrected chi connectivity index (χ4v) is 4.05. The van der Waals surface area contributed by atoms with E-state index in [1.165, 1.54) is 12.8 Å². The molecule has 8 heteroatoms. The van der Waals surface area contributed by atoms with Gasteiger partial charge in [-0.1, -0.05) is 30.1 Å². The lowest BCUT2D eigenvalue weighted by Gasteiger charge is -2.39. The zero-order chi connectivity index (χ0) is 19.4. The van der Waals surface area contributed by atoms with Crippen molar-refractivity contribution >= 4 is 40.8 Å². The van der Waals surface area contributed by atoms with Crippen LogP contribution in [-0.4, -0.2) is 72.5 Å². The Morgan fingerprint density at radius 2 is 2.04 bits per heavy atom. The molecule has 6 nitrogen and oxygen atoms in total. The molecule has 0 unspecified atom stereocenters. The average Bonchev–Trinajstić information content (AvgIpc) is 2.66. The lowest BCUT2D eigenvalue weighted by Crippen LogP contribution is -2.55. The van der Waals surface area contributed by atoms with Crippen LogP contribution >= 0.6 is 23.2 Å². The van der Waals surface area contributed by atoms with Gasteiger partial charge in [-0.2, -0.15) is 0 Å². The molecule has 0 saturated carbocycles. The van der Waals surface area contributed by atoms with Crippen molar-refractivity contribution in [2.24, 2.45) is 5.92 Å². The summed E-state index contributed by atoms with van der Waals surface area (Å²) in [5, 5.41) is 3.59. The summed E-state index contributed by atoms with van der Waals surface area (Å²) in [4.78, 5) is 30.9. The molecule has 0 radical (unpaired) electrons. The number of nitrogens with zero attached hydrogens (tertiary/aromatic N) is 3. The van der Waals surface area contributed by atoms with Crippen LogP contribution in [0, 0.1) is 5.92 Å². The van der Waals surface area contributed by atoms with Gasteiger partial charge in [0.1, 0.15) is 6.54 Å². The fraction of sp³-hybridized carbons (Fsp3) is 0.579. The van der Waals surface area contributed by atoms with Crippen molar-refractivity contribution in [1.29, 1.82) is 0 Å². The first-order valence-corrected chi connectivity index (χ1v) is 10.2. The van der Waals surface area contributed by atoms with E-state index >= 15 is 0 Å². The quantitative estimate of drug-likeness (QED) is 0.823. The highest BCUT2D eigenvalue weighted by molar-refractivity contribution is 6.42. The molecular weight excluding hydrogens is 387 g/mol. The van der Waals surface area contributed by atoms with E-state index in [1.807, 2.05) is 4.90 Å². The number of carbonyl (C=O) groups is 2. The standard InChI is InChI=1S/C19H26Cl2N4O2/c1-2-23-7-3-4-14(11-23)12-24-8-9-25(13-18(24)26)19(27)22-15-5-6-16(20)17(21)10-15/h5-6,10,14H,2-4,7-9,11-13H2,1H3,(H,22,27)/t14-/m1/s1. The highest BCUT2D eigenvalue weighted by Gasteiger charge is 2.30. The van der Waals surface area contributed by atoms with Gasteiger partial charge in [-0.25, -0.2) is 4.79 Å². The summed E-state index contributed by atoms with van der Waals surface area (Å²) in [6, 6.07) is 4.62. The minimum Gasteiger partial charge on any atom is -0.339 e. The van der Waals surface area contributed by atoms with Crippen molar-refractivity contribution in [3.63, 3.8) is 0 Å². The average molecular weight is 413 g/mol. The second-order valence-corrected chi connectivity index (χ2v) is 8.04. The topological polar surface area (TPSA) is 55.9 Å². The van der Waals surface area contributed by atoms with Crippen LogP contribution in [0.4, 0.5) is 10.5 Å². The summed E-state index contributed by atoms with van der Waals surface area (Å²) in [7, 11) is 0. The molecule has 0 aromatic heterocycles. The molecule has 3 rings (SSSR count). The number of benzene rings is 1. The fourth-order valence-electron chi connectivity index (χ4n) is 3.75. The Morgan fingerprint density at radius 1 is 1.22 bits per heavy atom. The molecule has 2 aliphatic rings. The van der Waals surface area contributed by atoms with E-state index in [-0.39, 0.29) is 18.5 Å². The number of anilines is 1. The Bertz CT molecular complexity index is 700. The highest BCUT2D eigenvalue weighted by Crippen LogP contribution is 2.25. The molecular formula is C19H26Cl2N4O2. The number of hydrogen-bond donors (Lipinski definition) is 1. The summed E-state index contributed by atoms with van der Waals surface area (Å²) < 4.78 is 0. The Labute approximate surface area is 170 Å².